The smallest absolute Gasteiger partial charge is 0.295 e. The number of nitrogens with zero attached hydrogens (tertiary/aromatic N) is 3. The highest BCUT2D eigenvalue weighted by Gasteiger charge is 2.46. The Labute approximate surface area is 208 Å². The van der Waals surface area contributed by atoms with Crippen LogP contribution < -0.4 is 4.74 Å². The predicted molar refractivity (Wildman–Crippen MR) is 134 cm³/mol. The number of aromatic nitrogens is 2. The van der Waals surface area contributed by atoms with Crippen LogP contribution in [0, 0.1) is 0 Å². The van der Waals surface area contributed by atoms with Gasteiger partial charge in [-0.15, -0.1) is 0 Å². The number of benzene rings is 2. The molecule has 1 fully saturated rings. The molecule has 1 atom stereocenters. The Morgan fingerprint density at radius 3 is 2.19 bits per heavy atom. The van der Waals surface area contributed by atoms with Gasteiger partial charge in [-0.1, -0.05) is 42.5 Å². The first kappa shape index (κ1) is 23.0. The lowest BCUT2D eigenvalue weighted by molar-refractivity contribution is -0.140. The Morgan fingerprint density at radius 2 is 1.53 bits per heavy atom. The molecular weight excluding hydrogens is 454 g/mol. The largest absolute Gasteiger partial charge is 0.507 e. The number of Topliss-reactive ketones (excluding diaryl/α,β-unsaturated/α-hetero) is 1. The Balaban J connectivity index is 1.47. The summed E-state index contributed by atoms with van der Waals surface area (Å²) in [4.78, 5) is 36.0. The number of rotatable bonds is 7. The molecule has 0 spiro atoms. The Bertz CT molecular complexity index is 1390. The van der Waals surface area contributed by atoms with Crippen LogP contribution in [0.3, 0.4) is 0 Å². The highest BCUT2D eigenvalue weighted by Crippen LogP contribution is 2.40. The second-order valence-corrected chi connectivity index (χ2v) is 8.37. The van der Waals surface area contributed by atoms with Crippen molar-refractivity contribution in [1.29, 1.82) is 0 Å². The van der Waals surface area contributed by atoms with E-state index < -0.39 is 17.7 Å². The van der Waals surface area contributed by atoms with Gasteiger partial charge in [0, 0.05) is 36.9 Å². The van der Waals surface area contributed by atoms with Gasteiger partial charge >= 0.3 is 0 Å². The lowest BCUT2D eigenvalue weighted by Gasteiger charge is -2.25. The van der Waals surface area contributed by atoms with Gasteiger partial charge in [-0.3, -0.25) is 19.6 Å². The minimum Gasteiger partial charge on any atom is -0.507 e. The summed E-state index contributed by atoms with van der Waals surface area (Å²) in [6.07, 6.45) is 6.50. The third-order valence-electron chi connectivity index (χ3n) is 5.99. The topological polar surface area (TPSA) is 92.6 Å². The van der Waals surface area contributed by atoms with Crippen molar-refractivity contribution in [3.05, 3.63) is 131 Å². The number of ether oxygens (including phenoxy) is 1. The monoisotopic (exact) mass is 477 g/mol. The number of hydrogen-bond acceptors (Lipinski definition) is 6. The van der Waals surface area contributed by atoms with E-state index in [0.29, 0.717) is 23.5 Å². The molecule has 178 valence electrons. The molecule has 0 saturated carbocycles. The van der Waals surface area contributed by atoms with Crippen molar-refractivity contribution >= 4 is 17.4 Å². The fourth-order valence-corrected chi connectivity index (χ4v) is 4.22. The van der Waals surface area contributed by atoms with Crippen LogP contribution >= 0.6 is 0 Å². The third kappa shape index (κ3) is 4.72. The van der Waals surface area contributed by atoms with Gasteiger partial charge < -0.3 is 14.7 Å². The fourth-order valence-electron chi connectivity index (χ4n) is 4.22. The summed E-state index contributed by atoms with van der Waals surface area (Å²) in [6.45, 7) is 0.577. The minimum absolute atomic E-state index is 0.0230. The number of aliphatic hydroxyl groups is 1. The molecule has 7 heteroatoms. The van der Waals surface area contributed by atoms with Gasteiger partial charge in [0.25, 0.3) is 11.7 Å². The van der Waals surface area contributed by atoms with Gasteiger partial charge in [-0.2, -0.15) is 0 Å². The third-order valence-corrected chi connectivity index (χ3v) is 5.99. The summed E-state index contributed by atoms with van der Waals surface area (Å²) in [6, 6.07) is 22.9. The summed E-state index contributed by atoms with van der Waals surface area (Å²) in [5, 5.41) is 11.2. The van der Waals surface area contributed by atoms with Gasteiger partial charge in [-0.05, 0) is 53.1 Å². The number of hydrogen-bond donors (Lipinski definition) is 1. The molecule has 1 aliphatic heterocycles. The van der Waals surface area contributed by atoms with Crippen LogP contribution in [0.2, 0.25) is 0 Å². The zero-order valence-corrected chi connectivity index (χ0v) is 19.3. The van der Waals surface area contributed by atoms with E-state index in [2.05, 4.69) is 9.97 Å². The Hall–Kier alpha value is -4.78. The van der Waals surface area contributed by atoms with E-state index in [0.717, 1.165) is 11.1 Å². The van der Waals surface area contributed by atoms with Crippen molar-refractivity contribution in [2.45, 2.75) is 19.2 Å². The Morgan fingerprint density at radius 1 is 0.833 bits per heavy atom. The number of aliphatic hydroxyl groups excluding tert-OH is 1. The number of carbonyl (C=O) groups is 2. The van der Waals surface area contributed by atoms with E-state index in [9.17, 15) is 14.7 Å². The summed E-state index contributed by atoms with van der Waals surface area (Å²) in [5.41, 5.74) is 2.87. The van der Waals surface area contributed by atoms with Crippen LogP contribution in [-0.2, 0) is 22.7 Å². The first-order chi connectivity index (χ1) is 17.6. The van der Waals surface area contributed by atoms with Crippen molar-refractivity contribution in [2.24, 2.45) is 0 Å². The molecule has 0 unspecified atom stereocenters. The standard InChI is InChI=1S/C29H23N3O4/c33-27(22-10-12-24(13-11-22)36-19-20-6-2-1-3-7-20)25-26(23-9-5-15-31-17-23)32(29(35)28(25)34)18-21-8-4-14-30-16-21/h1-17,26,33H,18-19H2/b27-25+/t26-/m0/s1. The number of pyridine rings is 2. The number of carbonyl (C=O) groups excluding carboxylic acids is 2. The van der Waals surface area contributed by atoms with E-state index in [-0.39, 0.29) is 17.9 Å². The average Bonchev–Trinajstić information content (AvgIpc) is 3.18. The average molecular weight is 478 g/mol. The molecule has 5 rings (SSSR count). The molecule has 3 heterocycles. The molecule has 2 aromatic heterocycles. The van der Waals surface area contributed by atoms with Gasteiger partial charge in [0.1, 0.15) is 18.1 Å². The summed E-state index contributed by atoms with van der Waals surface area (Å²) >= 11 is 0. The molecule has 1 saturated heterocycles. The van der Waals surface area contributed by atoms with E-state index in [1.165, 1.54) is 4.90 Å². The van der Waals surface area contributed by atoms with Gasteiger partial charge in [0.15, 0.2) is 0 Å². The van der Waals surface area contributed by atoms with Crippen molar-refractivity contribution in [3.63, 3.8) is 0 Å². The molecule has 36 heavy (non-hydrogen) atoms. The maximum Gasteiger partial charge on any atom is 0.295 e. The van der Waals surface area contributed by atoms with Crippen molar-refractivity contribution in [3.8, 4) is 5.75 Å². The van der Waals surface area contributed by atoms with Crippen LogP contribution in [0.4, 0.5) is 0 Å². The fraction of sp³-hybridized carbons (Fsp3) is 0.103. The Kier molecular flexibility index (Phi) is 6.53. The zero-order chi connectivity index (χ0) is 24.9. The van der Waals surface area contributed by atoms with Crippen molar-refractivity contribution in [1.82, 2.24) is 14.9 Å². The molecule has 0 aliphatic carbocycles. The van der Waals surface area contributed by atoms with Crippen molar-refractivity contribution < 1.29 is 19.4 Å². The predicted octanol–water partition coefficient (Wildman–Crippen LogP) is 4.68. The van der Waals surface area contributed by atoms with Gasteiger partial charge in [-0.25, -0.2) is 0 Å². The van der Waals surface area contributed by atoms with Crippen LogP contribution in [0.1, 0.15) is 28.3 Å². The minimum atomic E-state index is -0.784. The highest BCUT2D eigenvalue weighted by atomic mass is 16.5. The van der Waals surface area contributed by atoms with Crippen molar-refractivity contribution in [2.75, 3.05) is 0 Å². The molecule has 1 N–H and O–H groups in total. The lowest BCUT2D eigenvalue weighted by Crippen LogP contribution is -2.29. The molecule has 1 amide bonds. The molecular formula is C29H23N3O4. The van der Waals surface area contributed by atoms with Crippen LogP contribution in [0.25, 0.3) is 5.76 Å². The second kappa shape index (κ2) is 10.2. The maximum atomic E-state index is 13.2. The first-order valence-electron chi connectivity index (χ1n) is 11.5. The van der Waals surface area contributed by atoms with Crippen LogP contribution in [0.5, 0.6) is 5.75 Å². The summed E-state index contributed by atoms with van der Waals surface area (Å²) < 4.78 is 5.82. The lowest BCUT2D eigenvalue weighted by atomic mass is 9.96. The SMILES string of the molecule is O=C1C(=O)N(Cc2cccnc2)[C@@H](c2cccnc2)/C1=C(\O)c1ccc(OCc2ccccc2)cc1. The molecule has 1 aliphatic rings. The highest BCUT2D eigenvalue weighted by molar-refractivity contribution is 6.46. The van der Waals surface area contributed by atoms with Crippen LogP contribution in [0.15, 0.2) is 109 Å². The zero-order valence-electron chi connectivity index (χ0n) is 19.3. The summed E-state index contributed by atoms with van der Waals surface area (Å²) in [5.74, 6) is -1.05. The van der Waals surface area contributed by atoms with E-state index in [1.54, 1.807) is 67.3 Å². The van der Waals surface area contributed by atoms with E-state index in [4.69, 9.17) is 4.74 Å². The van der Waals surface area contributed by atoms with E-state index in [1.807, 2.05) is 36.4 Å². The maximum absolute atomic E-state index is 13.2. The van der Waals surface area contributed by atoms with Crippen LogP contribution in [-0.4, -0.2) is 31.7 Å². The number of likely N-dealkylation sites (tertiary alicyclic amines) is 1. The number of amides is 1. The molecule has 0 bridgehead atoms. The first-order valence-corrected chi connectivity index (χ1v) is 11.5. The molecule has 0 radical (unpaired) electrons. The van der Waals surface area contributed by atoms with E-state index >= 15 is 0 Å². The normalized spacial score (nSPS) is 16.8. The number of ketones is 1. The van der Waals surface area contributed by atoms with Gasteiger partial charge in [0.2, 0.25) is 0 Å². The quantitative estimate of drug-likeness (QED) is 0.236. The molecule has 7 nitrogen and oxygen atoms in total. The van der Waals surface area contributed by atoms with Gasteiger partial charge in [0.05, 0.1) is 11.6 Å². The summed E-state index contributed by atoms with van der Waals surface area (Å²) in [7, 11) is 0. The molecule has 2 aromatic carbocycles. The molecule has 4 aromatic rings. The second-order valence-electron chi connectivity index (χ2n) is 8.37.